The molecule has 3 aromatic heterocycles. The second-order valence-corrected chi connectivity index (χ2v) is 6.88. The Kier molecular flexibility index (Phi) is 4.65. The maximum Gasteiger partial charge on any atom is 0.234 e. The summed E-state index contributed by atoms with van der Waals surface area (Å²) in [4.78, 5) is 28.1. The van der Waals surface area contributed by atoms with Crippen molar-refractivity contribution in [2.45, 2.75) is 45.1 Å². The number of amides is 1. The van der Waals surface area contributed by atoms with Crippen LogP contribution in [0.4, 0.5) is 0 Å². The van der Waals surface area contributed by atoms with Gasteiger partial charge in [0.05, 0.1) is 11.7 Å². The lowest BCUT2D eigenvalue weighted by Gasteiger charge is -2.35. The highest BCUT2D eigenvalue weighted by Crippen LogP contribution is 2.31. The monoisotopic (exact) mass is 349 g/mol. The molecule has 1 amide bonds. The molecule has 0 bridgehead atoms. The smallest absolute Gasteiger partial charge is 0.234 e. The number of nitrogens with zero attached hydrogens (tertiary/aromatic N) is 5. The van der Waals surface area contributed by atoms with Crippen molar-refractivity contribution in [2.75, 3.05) is 6.54 Å². The van der Waals surface area contributed by atoms with Gasteiger partial charge in [0.15, 0.2) is 0 Å². The van der Waals surface area contributed by atoms with Crippen LogP contribution >= 0.6 is 0 Å². The van der Waals surface area contributed by atoms with Gasteiger partial charge in [-0.1, -0.05) is 6.07 Å². The summed E-state index contributed by atoms with van der Waals surface area (Å²) in [6.07, 6.45) is 11.6. The van der Waals surface area contributed by atoms with Crippen molar-refractivity contribution in [3.63, 3.8) is 0 Å². The molecule has 0 saturated carbocycles. The number of hydrogen-bond acceptors (Lipinski definition) is 4. The molecule has 0 aromatic carbocycles. The predicted molar refractivity (Wildman–Crippen MR) is 98.6 cm³/mol. The van der Waals surface area contributed by atoms with Crippen molar-refractivity contribution in [2.24, 2.45) is 0 Å². The number of likely N-dealkylation sites (tertiary alicyclic amines) is 1. The summed E-state index contributed by atoms with van der Waals surface area (Å²) in [5.41, 5.74) is 3.15. The molecule has 0 spiro atoms. The van der Waals surface area contributed by atoms with Crippen LogP contribution in [0, 0.1) is 6.92 Å². The molecule has 6 heteroatoms. The Morgan fingerprint density at radius 1 is 1.31 bits per heavy atom. The van der Waals surface area contributed by atoms with E-state index in [2.05, 4.69) is 23.0 Å². The van der Waals surface area contributed by atoms with Crippen LogP contribution in [0.15, 0.2) is 43.0 Å². The fourth-order valence-corrected chi connectivity index (χ4v) is 3.73. The van der Waals surface area contributed by atoms with Crippen molar-refractivity contribution >= 4 is 11.7 Å². The van der Waals surface area contributed by atoms with Gasteiger partial charge in [0.25, 0.3) is 0 Å². The number of aryl methyl sites for hydroxylation is 2. The van der Waals surface area contributed by atoms with Crippen molar-refractivity contribution < 1.29 is 4.79 Å². The van der Waals surface area contributed by atoms with Gasteiger partial charge < -0.3 is 4.90 Å². The molecule has 1 atom stereocenters. The molecule has 0 N–H and O–H groups in total. The van der Waals surface area contributed by atoms with Crippen LogP contribution in [-0.4, -0.2) is 36.7 Å². The second kappa shape index (κ2) is 7.23. The van der Waals surface area contributed by atoms with Gasteiger partial charge in [-0.15, -0.1) is 0 Å². The zero-order chi connectivity index (χ0) is 17.9. The molecule has 0 aliphatic carbocycles. The molecule has 0 radical (unpaired) electrons. The largest absolute Gasteiger partial charge is 0.334 e. The predicted octanol–water partition coefficient (Wildman–Crippen LogP) is 3.12. The Bertz CT molecular complexity index is 905. The third-order valence-corrected chi connectivity index (χ3v) is 5.10. The zero-order valence-corrected chi connectivity index (χ0v) is 15.0. The number of pyridine rings is 1. The van der Waals surface area contributed by atoms with E-state index in [0.29, 0.717) is 12.2 Å². The van der Waals surface area contributed by atoms with Crippen LogP contribution in [0.1, 0.15) is 48.7 Å². The van der Waals surface area contributed by atoms with Crippen LogP contribution in [0.2, 0.25) is 0 Å². The van der Waals surface area contributed by atoms with Gasteiger partial charge in [0.2, 0.25) is 11.7 Å². The molecule has 0 unspecified atom stereocenters. The summed E-state index contributed by atoms with van der Waals surface area (Å²) in [7, 11) is 0. The minimum Gasteiger partial charge on any atom is -0.334 e. The number of rotatable bonds is 4. The quantitative estimate of drug-likeness (QED) is 0.726. The van der Waals surface area contributed by atoms with Crippen LogP contribution in [0.5, 0.6) is 0 Å². The molecule has 134 valence electrons. The third kappa shape index (κ3) is 3.31. The molecule has 3 aromatic rings. The summed E-state index contributed by atoms with van der Waals surface area (Å²) >= 11 is 0. The molecular formula is C20H23N5O. The first-order chi connectivity index (χ1) is 12.7. The van der Waals surface area contributed by atoms with Crippen molar-refractivity contribution in [1.82, 2.24) is 24.3 Å². The topological polar surface area (TPSA) is 63.4 Å². The lowest BCUT2D eigenvalue weighted by molar-refractivity contribution is -0.135. The van der Waals surface area contributed by atoms with Crippen molar-refractivity contribution in [3.05, 3.63) is 59.9 Å². The minimum absolute atomic E-state index is 0.0468. The summed E-state index contributed by atoms with van der Waals surface area (Å²) in [6.45, 7) is 2.86. The average molecular weight is 349 g/mol. The fourth-order valence-electron chi connectivity index (χ4n) is 3.73. The summed E-state index contributed by atoms with van der Waals surface area (Å²) in [5, 5.41) is 0. The number of fused-ring (bicyclic) bond motifs is 1. The Morgan fingerprint density at radius 3 is 3.08 bits per heavy atom. The van der Waals surface area contributed by atoms with Gasteiger partial charge >= 0.3 is 0 Å². The van der Waals surface area contributed by atoms with E-state index >= 15 is 0 Å². The van der Waals surface area contributed by atoms with Crippen LogP contribution < -0.4 is 0 Å². The first-order valence-corrected chi connectivity index (χ1v) is 9.21. The molecule has 1 aliphatic rings. The fraction of sp³-hybridized carbons (Fsp3) is 0.400. The van der Waals surface area contributed by atoms with E-state index in [9.17, 15) is 4.79 Å². The molecule has 1 aliphatic heterocycles. The zero-order valence-electron chi connectivity index (χ0n) is 15.0. The van der Waals surface area contributed by atoms with E-state index < -0.39 is 0 Å². The number of hydrogen-bond donors (Lipinski definition) is 0. The van der Waals surface area contributed by atoms with E-state index in [0.717, 1.165) is 49.2 Å². The highest BCUT2D eigenvalue weighted by atomic mass is 16.2. The molecule has 1 saturated heterocycles. The van der Waals surface area contributed by atoms with E-state index in [-0.39, 0.29) is 11.9 Å². The highest BCUT2D eigenvalue weighted by molar-refractivity contribution is 5.77. The van der Waals surface area contributed by atoms with Gasteiger partial charge in [-0.3, -0.25) is 14.2 Å². The number of carbonyl (C=O) groups is 1. The maximum atomic E-state index is 12.9. The Balaban J connectivity index is 1.54. The standard InChI is InChI=1S/C20H23N5O/c1-15-13-17(23-20-22-10-12-24(15)20)18-6-2-3-11-25(18)19(26)8-7-16-5-4-9-21-14-16/h4-5,9-10,12-14,18H,2-3,6-8,11H2,1H3/t18-/m1/s1. The van der Waals surface area contributed by atoms with E-state index in [4.69, 9.17) is 4.98 Å². The number of aromatic nitrogens is 4. The van der Waals surface area contributed by atoms with Gasteiger partial charge in [0, 0.05) is 43.4 Å². The SMILES string of the molecule is Cc1cc([C@H]2CCCCN2C(=O)CCc2cccnc2)nc2nccn12. The molecular weight excluding hydrogens is 326 g/mol. The Labute approximate surface area is 152 Å². The normalized spacial score (nSPS) is 17.6. The number of imidazole rings is 1. The van der Waals surface area contributed by atoms with Crippen molar-refractivity contribution in [1.29, 1.82) is 0 Å². The van der Waals surface area contributed by atoms with Crippen LogP contribution in [0.25, 0.3) is 5.78 Å². The van der Waals surface area contributed by atoms with Crippen molar-refractivity contribution in [3.8, 4) is 0 Å². The Morgan fingerprint density at radius 2 is 2.23 bits per heavy atom. The molecule has 6 nitrogen and oxygen atoms in total. The summed E-state index contributed by atoms with van der Waals surface area (Å²) in [6, 6.07) is 6.07. The van der Waals surface area contributed by atoms with Gasteiger partial charge in [-0.2, -0.15) is 0 Å². The Hall–Kier alpha value is -2.76. The number of carbonyl (C=O) groups excluding carboxylic acids is 1. The number of piperidine rings is 1. The highest BCUT2D eigenvalue weighted by Gasteiger charge is 2.29. The van der Waals surface area contributed by atoms with Gasteiger partial charge in [-0.25, -0.2) is 9.97 Å². The maximum absolute atomic E-state index is 12.9. The molecule has 4 rings (SSSR count). The summed E-state index contributed by atoms with van der Waals surface area (Å²) in [5.74, 6) is 0.898. The second-order valence-electron chi connectivity index (χ2n) is 6.88. The third-order valence-electron chi connectivity index (χ3n) is 5.10. The van der Waals surface area contributed by atoms with Gasteiger partial charge in [-0.05, 0) is 50.3 Å². The van der Waals surface area contributed by atoms with Crippen LogP contribution in [0.3, 0.4) is 0 Å². The molecule has 1 fully saturated rings. The lowest BCUT2D eigenvalue weighted by atomic mass is 9.97. The van der Waals surface area contributed by atoms with Gasteiger partial charge in [0.1, 0.15) is 0 Å². The summed E-state index contributed by atoms with van der Waals surface area (Å²) < 4.78 is 1.97. The van der Waals surface area contributed by atoms with E-state index in [1.54, 1.807) is 12.4 Å². The average Bonchev–Trinajstić information content (AvgIpc) is 3.16. The molecule has 4 heterocycles. The first kappa shape index (κ1) is 16.7. The lowest BCUT2D eigenvalue weighted by Crippen LogP contribution is -2.39. The molecule has 26 heavy (non-hydrogen) atoms. The first-order valence-electron chi connectivity index (χ1n) is 9.21. The van der Waals surface area contributed by atoms with Crippen LogP contribution in [-0.2, 0) is 11.2 Å². The van der Waals surface area contributed by atoms with E-state index in [1.807, 2.05) is 33.8 Å². The van der Waals surface area contributed by atoms with E-state index in [1.165, 1.54) is 0 Å². The minimum atomic E-state index is 0.0468.